The van der Waals surface area contributed by atoms with Crippen molar-refractivity contribution in [2.75, 3.05) is 12.4 Å². The Morgan fingerprint density at radius 3 is 2.58 bits per heavy atom. The van der Waals surface area contributed by atoms with Crippen molar-refractivity contribution in [2.24, 2.45) is 0 Å². The summed E-state index contributed by atoms with van der Waals surface area (Å²) in [5.41, 5.74) is -0.790. The minimum atomic E-state index is -1.41. The summed E-state index contributed by atoms with van der Waals surface area (Å²) in [6.07, 6.45) is 0. The van der Waals surface area contributed by atoms with E-state index in [2.05, 4.69) is 0 Å². The first kappa shape index (κ1) is 15.8. The second-order valence-electron chi connectivity index (χ2n) is 4.96. The van der Waals surface area contributed by atoms with Gasteiger partial charge in [0.2, 0.25) is 0 Å². The van der Waals surface area contributed by atoms with Crippen molar-refractivity contribution in [1.29, 1.82) is 0 Å². The van der Waals surface area contributed by atoms with Crippen LogP contribution in [0.4, 0.5) is 4.39 Å². The maximum absolute atomic E-state index is 13.2. The number of ether oxygens (including phenoxy) is 1. The first-order valence-electron chi connectivity index (χ1n) is 5.76. The van der Waals surface area contributed by atoms with Gasteiger partial charge in [0.05, 0.1) is 34.3 Å². The highest BCUT2D eigenvalue weighted by atomic mass is 32.2. The van der Waals surface area contributed by atoms with E-state index in [4.69, 9.17) is 9.84 Å². The molecule has 0 aromatic heterocycles. The molecule has 0 heterocycles. The molecule has 19 heavy (non-hydrogen) atoms. The third-order valence-electron chi connectivity index (χ3n) is 2.23. The molecule has 6 heteroatoms. The zero-order chi connectivity index (χ0) is 14.6. The van der Waals surface area contributed by atoms with Crippen molar-refractivity contribution in [3.63, 3.8) is 0 Å². The van der Waals surface area contributed by atoms with Crippen LogP contribution in [0.25, 0.3) is 0 Å². The predicted molar refractivity (Wildman–Crippen MR) is 70.3 cm³/mol. The van der Waals surface area contributed by atoms with E-state index >= 15 is 0 Å². The molecule has 0 radical (unpaired) electrons. The van der Waals surface area contributed by atoms with Gasteiger partial charge in [-0.2, -0.15) is 0 Å². The maximum Gasteiger partial charge on any atom is 0.338 e. The van der Waals surface area contributed by atoms with Crippen LogP contribution >= 0.6 is 0 Å². The SMILES string of the molecule is CC(C)(C)OCCS(=O)c1ccc(F)c(C(=O)O)c1. The molecule has 0 bridgehead atoms. The molecule has 0 aliphatic heterocycles. The van der Waals surface area contributed by atoms with E-state index in [1.54, 1.807) is 0 Å². The summed E-state index contributed by atoms with van der Waals surface area (Å²) in [5, 5.41) is 8.79. The molecular formula is C13H17FO4S. The highest BCUT2D eigenvalue weighted by Crippen LogP contribution is 2.15. The zero-order valence-electron chi connectivity index (χ0n) is 11.1. The van der Waals surface area contributed by atoms with E-state index < -0.39 is 28.1 Å². The summed E-state index contributed by atoms with van der Waals surface area (Å²) in [7, 11) is -1.41. The lowest BCUT2D eigenvalue weighted by Gasteiger charge is -2.19. The van der Waals surface area contributed by atoms with Gasteiger partial charge < -0.3 is 9.84 Å². The monoisotopic (exact) mass is 288 g/mol. The topological polar surface area (TPSA) is 63.6 Å². The lowest BCUT2D eigenvalue weighted by Crippen LogP contribution is -2.22. The standard InChI is InChI=1S/C13H17FO4S/c1-13(2,3)18-6-7-19(17)9-4-5-11(14)10(8-9)12(15)16/h4-5,8H,6-7H2,1-3H3,(H,15,16). The van der Waals surface area contributed by atoms with Crippen LogP contribution < -0.4 is 0 Å². The van der Waals surface area contributed by atoms with Gasteiger partial charge in [0.1, 0.15) is 5.82 Å². The first-order chi connectivity index (χ1) is 8.70. The average Bonchev–Trinajstić information content (AvgIpc) is 2.27. The Morgan fingerprint density at radius 1 is 1.42 bits per heavy atom. The smallest absolute Gasteiger partial charge is 0.338 e. The Kier molecular flexibility index (Phi) is 5.20. The summed E-state index contributed by atoms with van der Waals surface area (Å²) in [5.74, 6) is -1.97. The molecule has 1 atom stereocenters. The van der Waals surface area contributed by atoms with Gasteiger partial charge in [-0.25, -0.2) is 9.18 Å². The van der Waals surface area contributed by atoms with E-state index in [1.807, 2.05) is 20.8 Å². The molecular weight excluding hydrogens is 271 g/mol. The van der Waals surface area contributed by atoms with Crippen LogP contribution in [0.2, 0.25) is 0 Å². The Hall–Kier alpha value is -1.27. The maximum atomic E-state index is 13.2. The Balaban J connectivity index is 2.73. The highest BCUT2D eigenvalue weighted by molar-refractivity contribution is 7.85. The van der Waals surface area contributed by atoms with Crippen LogP contribution in [0.5, 0.6) is 0 Å². The van der Waals surface area contributed by atoms with Crippen LogP contribution in [-0.4, -0.2) is 33.2 Å². The summed E-state index contributed by atoms with van der Waals surface area (Å²) in [6, 6.07) is 3.45. The minimum absolute atomic E-state index is 0.238. The zero-order valence-corrected chi connectivity index (χ0v) is 11.9. The van der Waals surface area contributed by atoms with E-state index in [-0.39, 0.29) is 22.9 Å². The molecule has 1 rings (SSSR count). The number of hydrogen-bond acceptors (Lipinski definition) is 3. The van der Waals surface area contributed by atoms with Gasteiger partial charge >= 0.3 is 5.97 Å². The van der Waals surface area contributed by atoms with E-state index in [9.17, 15) is 13.4 Å². The quantitative estimate of drug-likeness (QED) is 0.904. The number of halogens is 1. The average molecular weight is 288 g/mol. The van der Waals surface area contributed by atoms with Crippen molar-refractivity contribution in [3.05, 3.63) is 29.6 Å². The molecule has 0 saturated heterocycles. The molecule has 0 spiro atoms. The highest BCUT2D eigenvalue weighted by Gasteiger charge is 2.15. The molecule has 1 N–H and O–H groups in total. The minimum Gasteiger partial charge on any atom is -0.478 e. The fraction of sp³-hybridized carbons (Fsp3) is 0.462. The Bertz CT molecular complexity index is 494. The van der Waals surface area contributed by atoms with Gasteiger partial charge in [-0.1, -0.05) is 0 Å². The molecule has 1 aromatic rings. The third-order valence-corrected chi connectivity index (χ3v) is 3.55. The van der Waals surface area contributed by atoms with Crippen molar-refractivity contribution < 1.29 is 23.2 Å². The number of carboxylic acid groups (broad SMARTS) is 1. The molecule has 106 valence electrons. The Morgan fingerprint density at radius 2 is 2.05 bits per heavy atom. The van der Waals surface area contributed by atoms with Gasteiger partial charge in [-0.05, 0) is 39.0 Å². The molecule has 4 nitrogen and oxygen atoms in total. The normalized spacial score (nSPS) is 13.3. The number of carboxylic acids is 1. The molecule has 0 fully saturated rings. The molecule has 1 aromatic carbocycles. The van der Waals surface area contributed by atoms with Crippen LogP contribution in [0, 0.1) is 5.82 Å². The van der Waals surface area contributed by atoms with Crippen LogP contribution in [0.15, 0.2) is 23.1 Å². The largest absolute Gasteiger partial charge is 0.478 e. The van der Waals surface area contributed by atoms with Gasteiger partial charge in [-0.15, -0.1) is 0 Å². The van der Waals surface area contributed by atoms with Crippen molar-refractivity contribution in [2.45, 2.75) is 31.3 Å². The molecule has 0 saturated carbocycles. The molecule has 0 aliphatic carbocycles. The fourth-order valence-corrected chi connectivity index (χ4v) is 2.29. The van der Waals surface area contributed by atoms with Gasteiger partial charge in [0, 0.05) is 4.90 Å². The number of carbonyl (C=O) groups is 1. The second-order valence-corrected chi connectivity index (χ2v) is 6.53. The van der Waals surface area contributed by atoms with E-state index in [0.29, 0.717) is 0 Å². The van der Waals surface area contributed by atoms with Crippen LogP contribution in [0.1, 0.15) is 31.1 Å². The number of aromatic carboxylic acids is 1. The molecule has 1 unspecified atom stereocenters. The lowest BCUT2D eigenvalue weighted by molar-refractivity contribution is 0.00668. The van der Waals surface area contributed by atoms with Gasteiger partial charge in [-0.3, -0.25) is 4.21 Å². The van der Waals surface area contributed by atoms with Crippen LogP contribution in [0.3, 0.4) is 0 Å². The second kappa shape index (κ2) is 6.25. The van der Waals surface area contributed by atoms with Crippen molar-refractivity contribution >= 4 is 16.8 Å². The lowest BCUT2D eigenvalue weighted by atomic mass is 10.2. The Labute approximate surface area is 114 Å². The van der Waals surface area contributed by atoms with Gasteiger partial charge in [0.15, 0.2) is 0 Å². The van der Waals surface area contributed by atoms with E-state index in [1.165, 1.54) is 6.07 Å². The van der Waals surface area contributed by atoms with Crippen molar-refractivity contribution in [1.82, 2.24) is 0 Å². The number of rotatable bonds is 5. The van der Waals surface area contributed by atoms with E-state index in [0.717, 1.165) is 12.1 Å². The number of benzene rings is 1. The molecule has 0 amide bonds. The van der Waals surface area contributed by atoms with Crippen molar-refractivity contribution in [3.8, 4) is 0 Å². The summed E-state index contributed by atoms with van der Waals surface area (Å²) in [4.78, 5) is 11.1. The van der Waals surface area contributed by atoms with Crippen LogP contribution in [-0.2, 0) is 15.5 Å². The fourth-order valence-electron chi connectivity index (χ4n) is 1.35. The summed E-state index contributed by atoms with van der Waals surface area (Å²) >= 11 is 0. The predicted octanol–water partition coefficient (Wildman–Crippen LogP) is 2.45. The third kappa shape index (κ3) is 5.08. The number of hydrogen-bond donors (Lipinski definition) is 1. The summed E-state index contributed by atoms with van der Waals surface area (Å²) < 4.78 is 30.6. The van der Waals surface area contributed by atoms with Gasteiger partial charge in [0.25, 0.3) is 0 Å². The summed E-state index contributed by atoms with van der Waals surface area (Å²) in [6.45, 7) is 5.94. The first-order valence-corrected chi connectivity index (χ1v) is 7.08. The molecule has 0 aliphatic rings.